The molecule has 1 heterocycles. The number of rotatable bonds is 5. The first kappa shape index (κ1) is 12.6. The van der Waals surface area contributed by atoms with Crippen LogP contribution in [-0.4, -0.2) is 36.1 Å². The molecule has 0 saturated heterocycles. The summed E-state index contributed by atoms with van der Waals surface area (Å²) in [6.07, 6.45) is 3.48. The Morgan fingerprint density at radius 2 is 2.18 bits per heavy atom. The van der Waals surface area contributed by atoms with Gasteiger partial charge in [0.25, 0.3) is 0 Å². The number of hydrogen-bond acceptors (Lipinski definition) is 6. The number of hydrogen-bond donors (Lipinski definition) is 1. The van der Waals surface area contributed by atoms with Crippen LogP contribution in [0.5, 0.6) is 0 Å². The van der Waals surface area contributed by atoms with Crippen molar-refractivity contribution >= 4 is 27.4 Å². The fourth-order valence-electron chi connectivity index (χ4n) is 1.36. The zero-order valence-corrected chi connectivity index (χ0v) is 11.2. The van der Waals surface area contributed by atoms with Crippen molar-refractivity contribution in [2.24, 2.45) is 0 Å². The van der Waals surface area contributed by atoms with E-state index < -0.39 is 9.84 Å². The molecule has 1 aromatic heterocycles. The van der Waals surface area contributed by atoms with Gasteiger partial charge in [0.05, 0.1) is 5.75 Å². The van der Waals surface area contributed by atoms with Crippen LogP contribution in [0.25, 0.3) is 0 Å². The van der Waals surface area contributed by atoms with Crippen LogP contribution in [0.3, 0.4) is 0 Å². The van der Waals surface area contributed by atoms with E-state index in [1.54, 1.807) is 6.07 Å². The number of aromatic nitrogens is 2. The first-order valence-corrected chi connectivity index (χ1v) is 8.43. The largest absolute Gasteiger partial charge is 0.384 e. The van der Waals surface area contributed by atoms with Crippen LogP contribution in [0.1, 0.15) is 24.6 Å². The average molecular weight is 273 g/mol. The number of nitrogen functional groups attached to an aromatic ring is 1. The molecule has 0 aliphatic heterocycles. The van der Waals surface area contributed by atoms with Crippen molar-refractivity contribution < 1.29 is 8.42 Å². The van der Waals surface area contributed by atoms with Gasteiger partial charge in [-0.05, 0) is 12.8 Å². The van der Waals surface area contributed by atoms with E-state index in [2.05, 4.69) is 9.97 Å². The molecular formula is C10H15N3O2S2. The van der Waals surface area contributed by atoms with Gasteiger partial charge in [0.1, 0.15) is 26.5 Å². The highest BCUT2D eigenvalue weighted by molar-refractivity contribution is 8.00. The van der Waals surface area contributed by atoms with Gasteiger partial charge in [0.15, 0.2) is 0 Å². The van der Waals surface area contributed by atoms with Crippen LogP contribution in [0.15, 0.2) is 11.1 Å². The highest BCUT2D eigenvalue weighted by Crippen LogP contribution is 2.38. The topological polar surface area (TPSA) is 85.9 Å². The Morgan fingerprint density at radius 1 is 1.47 bits per heavy atom. The molecule has 1 aliphatic carbocycles. The van der Waals surface area contributed by atoms with Gasteiger partial charge in [-0.15, -0.1) is 11.8 Å². The Morgan fingerprint density at radius 3 is 2.76 bits per heavy atom. The fraction of sp³-hybridized carbons (Fsp3) is 0.600. The maximum absolute atomic E-state index is 11.0. The zero-order chi connectivity index (χ0) is 12.5. The van der Waals surface area contributed by atoms with Crippen molar-refractivity contribution in [1.29, 1.82) is 0 Å². The molecule has 17 heavy (non-hydrogen) atoms. The first-order chi connectivity index (χ1) is 7.94. The molecule has 0 amide bonds. The Kier molecular flexibility index (Phi) is 3.58. The number of thioether (sulfide) groups is 1. The standard InChI is InChI=1S/C10H15N3O2S2/c1-17(14,15)5-4-16-9-6-8(11)12-10(13-9)7-2-3-7/h6-7H,2-5H2,1H3,(H2,11,12,13). The lowest BCUT2D eigenvalue weighted by Gasteiger charge is -2.04. The van der Waals surface area contributed by atoms with Crippen molar-refractivity contribution in [2.45, 2.75) is 23.8 Å². The third-order valence-corrected chi connectivity index (χ3v) is 4.50. The molecule has 0 radical (unpaired) electrons. The highest BCUT2D eigenvalue weighted by atomic mass is 32.2. The molecule has 2 rings (SSSR count). The van der Waals surface area contributed by atoms with Gasteiger partial charge in [-0.25, -0.2) is 18.4 Å². The third kappa shape index (κ3) is 4.16. The normalized spacial score (nSPS) is 16.1. The Balaban J connectivity index is 2.00. The lowest BCUT2D eigenvalue weighted by atomic mass is 10.4. The average Bonchev–Trinajstić information content (AvgIpc) is 2.97. The van der Waals surface area contributed by atoms with Gasteiger partial charge in [0.2, 0.25) is 0 Å². The summed E-state index contributed by atoms with van der Waals surface area (Å²) in [7, 11) is -2.91. The second kappa shape index (κ2) is 4.81. The monoisotopic (exact) mass is 273 g/mol. The van der Waals surface area contributed by atoms with Gasteiger partial charge >= 0.3 is 0 Å². The van der Waals surface area contributed by atoms with Crippen LogP contribution in [-0.2, 0) is 9.84 Å². The number of sulfone groups is 1. The summed E-state index contributed by atoms with van der Waals surface area (Å²) in [5.41, 5.74) is 5.70. The van der Waals surface area contributed by atoms with E-state index in [0.29, 0.717) is 17.5 Å². The summed E-state index contributed by atoms with van der Waals surface area (Å²) >= 11 is 1.41. The van der Waals surface area contributed by atoms with Crippen LogP contribution < -0.4 is 5.73 Å². The quantitative estimate of drug-likeness (QED) is 0.638. The minimum absolute atomic E-state index is 0.153. The van der Waals surface area contributed by atoms with Gasteiger partial charge in [-0.2, -0.15) is 0 Å². The van der Waals surface area contributed by atoms with E-state index in [1.807, 2.05) is 0 Å². The molecule has 2 N–H and O–H groups in total. The van der Waals surface area contributed by atoms with E-state index in [0.717, 1.165) is 23.7 Å². The minimum Gasteiger partial charge on any atom is -0.384 e. The molecule has 94 valence electrons. The predicted molar refractivity (Wildman–Crippen MR) is 68.9 cm³/mol. The second-order valence-electron chi connectivity index (χ2n) is 4.24. The number of nitrogens with zero attached hydrogens (tertiary/aromatic N) is 2. The lowest BCUT2D eigenvalue weighted by molar-refractivity contribution is 0.603. The van der Waals surface area contributed by atoms with E-state index in [1.165, 1.54) is 18.0 Å². The van der Waals surface area contributed by atoms with Crippen LogP contribution >= 0.6 is 11.8 Å². The Labute approximate surface area is 105 Å². The van der Waals surface area contributed by atoms with Crippen LogP contribution in [0, 0.1) is 0 Å². The predicted octanol–water partition coefficient (Wildman–Crippen LogP) is 1.07. The van der Waals surface area contributed by atoms with Gasteiger partial charge in [-0.3, -0.25) is 0 Å². The van der Waals surface area contributed by atoms with E-state index in [-0.39, 0.29) is 5.75 Å². The summed E-state index contributed by atoms with van der Waals surface area (Å²) in [4.78, 5) is 8.58. The molecular weight excluding hydrogens is 258 g/mol. The third-order valence-electron chi connectivity index (χ3n) is 2.39. The van der Waals surface area contributed by atoms with Gasteiger partial charge in [0, 0.05) is 24.0 Å². The summed E-state index contributed by atoms with van der Waals surface area (Å²) < 4.78 is 22.0. The maximum Gasteiger partial charge on any atom is 0.148 e. The van der Waals surface area contributed by atoms with Crippen molar-refractivity contribution in [3.05, 3.63) is 11.9 Å². The van der Waals surface area contributed by atoms with Crippen molar-refractivity contribution in [3.63, 3.8) is 0 Å². The van der Waals surface area contributed by atoms with Crippen LogP contribution in [0.4, 0.5) is 5.82 Å². The number of anilines is 1. The smallest absolute Gasteiger partial charge is 0.148 e. The van der Waals surface area contributed by atoms with E-state index in [9.17, 15) is 8.42 Å². The Hall–Kier alpha value is -0.820. The molecule has 0 aromatic carbocycles. The Bertz CT molecular complexity index is 512. The highest BCUT2D eigenvalue weighted by Gasteiger charge is 2.27. The maximum atomic E-state index is 11.0. The van der Waals surface area contributed by atoms with E-state index >= 15 is 0 Å². The first-order valence-electron chi connectivity index (χ1n) is 5.39. The summed E-state index contributed by atoms with van der Waals surface area (Å²) in [6, 6.07) is 1.69. The molecule has 0 spiro atoms. The lowest BCUT2D eigenvalue weighted by Crippen LogP contribution is -2.06. The molecule has 1 saturated carbocycles. The minimum atomic E-state index is -2.91. The molecule has 1 aromatic rings. The van der Waals surface area contributed by atoms with Gasteiger partial charge < -0.3 is 5.73 Å². The molecule has 1 aliphatic rings. The van der Waals surface area contributed by atoms with Crippen molar-refractivity contribution in [2.75, 3.05) is 23.5 Å². The molecule has 0 bridgehead atoms. The molecule has 5 nitrogen and oxygen atoms in total. The summed E-state index contributed by atoms with van der Waals surface area (Å²) in [6.45, 7) is 0. The van der Waals surface area contributed by atoms with Gasteiger partial charge in [-0.1, -0.05) is 0 Å². The van der Waals surface area contributed by atoms with Crippen molar-refractivity contribution in [1.82, 2.24) is 9.97 Å². The van der Waals surface area contributed by atoms with E-state index in [4.69, 9.17) is 5.73 Å². The molecule has 7 heteroatoms. The number of nitrogens with two attached hydrogens (primary N) is 1. The van der Waals surface area contributed by atoms with Crippen molar-refractivity contribution in [3.8, 4) is 0 Å². The molecule has 1 fully saturated rings. The SMILES string of the molecule is CS(=O)(=O)CCSc1cc(N)nc(C2CC2)n1. The second-order valence-corrected chi connectivity index (χ2v) is 7.62. The summed E-state index contributed by atoms with van der Waals surface area (Å²) in [5, 5.41) is 0.767. The molecule has 0 atom stereocenters. The zero-order valence-electron chi connectivity index (χ0n) is 9.59. The fourth-order valence-corrected chi connectivity index (χ4v) is 3.47. The molecule has 0 unspecified atom stereocenters. The summed E-state index contributed by atoms with van der Waals surface area (Å²) in [5.74, 6) is 2.36. The van der Waals surface area contributed by atoms with Crippen LogP contribution in [0.2, 0.25) is 0 Å².